The normalized spacial score (nSPS) is 11.4. The van der Waals surface area contributed by atoms with Gasteiger partial charge in [-0.2, -0.15) is 0 Å². The smallest absolute Gasteiger partial charge is 0.347 e. The van der Waals surface area contributed by atoms with E-state index in [4.69, 9.17) is 5.11 Å². The zero-order chi connectivity index (χ0) is 16.5. The third-order valence-electron chi connectivity index (χ3n) is 3.08. The van der Waals surface area contributed by atoms with Crippen molar-refractivity contribution in [3.05, 3.63) is 51.0 Å². The Balaban J connectivity index is 2.40. The topological polar surface area (TPSA) is 87.5 Å². The van der Waals surface area contributed by atoms with Crippen LogP contribution in [0.1, 0.15) is 57.1 Å². The zero-order valence-electron chi connectivity index (χ0n) is 12.6. The molecule has 0 unspecified atom stereocenters. The fraction of sp³-hybridized carbons (Fsp3) is 0.312. The van der Waals surface area contributed by atoms with Crippen LogP contribution in [0.4, 0.5) is 0 Å². The molecule has 2 aromatic rings. The van der Waals surface area contributed by atoms with Crippen molar-refractivity contribution in [2.45, 2.75) is 32.6 Å². The Bertz CT molecular complexity index is 728. The van der Waals surface area contributed by atoms with E-state index < -0.39 is 11.9 Å². The van der Waals surface area contributed by atoms with Crippen LogP contribution in [-0.2, 0) is 11.8 Å². The Hall–Kier alpha value is -2.21. The molecule has 0 saturated carbocycles. The summed E-state index contributed by atoms with van der Waals surface area (Å²) in [5, 5.41) is 19.1. The standard InChI is InChI=1S/C16H17NO4S/c1-16(2,3)15-17-11(12(22-15)14(20)21)8-9-5-4-6-10(7-9)13(18)19/h4-7H,8H2,1-3H3,(H,18,19)(H,20,21). The molecule has 2 N–H and O–H groups in total. The average molecular weight is 319 g/mol. The lowest BCUT2D eigenvalue weighted by Crippen LogP contribution is -2.10. The van der Waals surface area contributed by atoms with Crippen molar-refractivity contribution in [1.82, 2.24) is 4.98 Å². The molecule has 0 atom stereocenters. The third kappa shape index (κ3) is 3.51. The van der Waals surface area contributed by atoms with Crippen LogP contribution in [0.3, 0.4) is 0 Å². The highest BCUT2D eigenvalue weighted by molar-refractivity contribution is 7.13. The Kier molecular flexibility index (Phi) is 4.32. The molecule has 0 aliphatic heterocycles. The minimum Gasteiger partial charge on any atom is -0.478 e. The van der Waals surface area contributed by atoms with Crippen molar-refractivity contribution in [3.8, 4) is 0 Å². The number of carboxylic acids is 2. The SMILES string of the molecule is CC(C)(C)c1nc(Cc2cccc(C(=O)O)c2)c(C(=O)O)s1. The molecule has 0 radical (unpaired) electrons. The van der Waals surface area contributed by atoms with E-state index in [-0.39, 0.29) is 15.9 Å². The van der Waals surface area contributed by atoms with Crippen LogP contribution < -0.4 is 0 Å². The fourth-order valence-electron chi connectivity index (χ4n) is 1.97. The first-order chi connectivity index (χ1) is 10.2. The van der Waals surface area contributed by atoms with E-state index in [2.05, 4.69) is 4.98 Å². The number of hydrogen-bond donors (Lipinski definition) is 2. The van der Waals surface area contributed by atoms with Crippen LogP contribution in [-0.4, -0.2) is 27.1 Å². The summed E-state index contributed by atoms with van der Waals surface area (Å²) in [7, 11) is 0. The summed E-state index contributed by atoms with van der Waals surface area (Å²) in [4.78, 5) is 27.1. The highest BCUT2D eigenvalue weighted by Gasteiger charge is 2.24. The van der Waals surface area contributed by atoms with Crippen LogP contribution in [0.15, 0.2) is 24.3 Å². The van der Waals surface area contributed by atoms with Crippen LogP contribution in [0.25, 0.3) is 0 Å². The van der Waals surface area contributed by atoms with Gasteiger partial charge >= 0.3 is 11.9 Å². The van der Waals surface area contributed by atoms with Gasteiger partial charge in [-0.3, -0.25) is 0 Å². The maximum Gasteiger partial charge on any atom is 0.347 e. The van der Waals surface area contributed by atoms with Gasteiger partial charge in [-0.25, -0.2) is 14.6 Å². The molecule has 0 aliphatic rings. The lowest BCUT2D eigenvalue weighted by molar-refractivity contribution is 0.0687. The van der Waals surface area contributed by atoms with Crippen molar-refractivity contribution < 1.29 is 19.8 Å². The summed E-state index contributed by atoms with van der Waals surface area (Å²) < 4.78 is 0. The van der Waals surface area contributed by atoms with Crippen LogP contribution in [0.2, 0.25) is 0 Å². The monoisotopic (exact) mass is 319 g/mol. The number of rotatable bonds is 4. The van der Waals surface area contributed by atoms with E-state index in [9.17, 15) is 14.7 Å². The van der Waals surface area contributed by atoms with Crippen LogP contribution in [0, 0.1) is 0 Å². The number of carboxylic acid groups (broad SMARTS) is 2. The minimum atomic E-state index is -1.01. The number of thiazole rings is 1. The molecular formula is C16H17NO4S. The Morgan fingerprint density at radius 2 is 1.86 bits per heavy atom. The van der Waals surface area contributed by atoms with E-state index in [1.54, 1.807) is 18.2 Å². The summed E-state index contributed by atoms with van der Waals surface area (Å²) in [5.41, 5.74) is 1.16. The van der Waals surface area contributed by atoms with Crippen molar-refractivity contribution >= 4 is 23.3 Å². The van der Waals surface area contributed by atoms with E-state index >= 15 is 0 Å². The minimum absolute atomic E-state index is 0.181. The van der Waals surface area contributed by atoms with Crippen LogP contribution >= 0.6 is 11.3 Å². The molecule has 116 valence electrons. The molecule has 2 rings (SSSR count). The number of benzene rings is 1. The van der Waals surface area contributed by atoms with E-state index in [0.29, 0.717) is 12.1 Å². The fourth-order valence-corrected chi connectivity index (χ4v) is 2.95. The molecule has 0 bridgehead atoms. The quantitative estimate of drug-likeness (QED) is 0.901. The van der Waals surface area contributed by atoms with Gasteiger partial charge in [0.25, 0.3) is 0 Å². The predicted molar refractivity (Wildman–Crippen MR) is 84.0 cm³/mol. The maximum atomic E-state index is 11.4. The lowest BCUT2D eigenvalue weighted by Gasteiger charge is -2.13. The molecule has 5 nitrogen and oxygen atoms in total. The number of nitrogens with zero attached hydrogens (tertiary/aromatic N) is 1. The van der Waals surface area contributed by atoms with Gasteiger partial charge in [0.1, 0.15) is 4.88 Å². The summed E-state index contributed by atoms with van der Waals surface area (Å²) in [6.07, 6.45) is 0.301. The van der Waals surface area contributed by atoms with Crippen LogP contribution in [0.5, 0.6) is 0 Å². The number of hydrogen-bond acceptors (Lipinski definition) is 4. The second kappa shape index (κ2) is 5.88. The molecule has 0 spiro atoms. The number of carbonyl (C=O) groups is 2. The van der Waals surface area contributed by atoms with Gasteiger partial charge < -0.3 is 10.2 Å². The Morgan fingerprint density at radius 1 is 1.18 bits per heavy atom. The van der Waals surface area contributed by atoms with E-state index in [0.717, 1.165) is 10.6 Å². The molecule has 1 aromatic carbocycles. The van der Waals surface area contributed by atoms with Crippen molar-refractivity contribution in [1.29, 1.82) is 0 Å². The van der Waals surface area contributed by atoms with Gasteiger partial charge in [0.15, 0.2) is 0 Å². The zero-order valence-corrected chi connectivity index (χ0v) is 13.4. The summed E-state index contributed by atoms with van der Waals surface area (Å²) in [6.45, 7) is 5.94. The molecule has 0 saturated heterocycles. The first-order valence-corrected chi connectivity index (χ1v) is 7.56. The highest BCUT2D eigenvalue weighted by Crippen LogP contribution is 2.30. The first kappa shape index (κ1) is 16.2. The summed E-state index contributed by atoms with van der Waals surface area (Å²) >= 11 is 1.18. The number of aromatic nitrogens is 1. The molecule has 0 fully saturated rings. The molecule has 0 amide bonds. The van der Waals surface area contributed by atoms with Crippen molar-refractivity contribution in [2.24, 2.45) is 0 Å². The molecule has 6 heteroatoms. The van der Waals surface area contributed by atoms with Crippen molar-refractivity contribution in [2.75, 3.05) is 0 Å². The molecule has 0 aliphatic carbocycles. The summed E-state index contributed by atoms with van der Waals surface area (Å²) in [6, 6.07) is 6.47. The maximum absolute atomic E-state index is 11.4. The molecular weight excluding hydrogens is 302 g/mol. The third-order valence-corrected chi connectivity index (χ3v) is 4.59. The highest BCUT2D eigenvalue weighted by atomic mass is 32.1. The Labute approximate surface area is 132 Å². The first-order valence-electron chi connectivity index (χ1n) is 6.74. The van der Waals surface area contributed by atoms with Gasteiger partial charge in [0.05, 0.1) is 16.3 Å². The molecule has 22 heavy (non-hydrogen) atoms. The van der Waals surface area contributed by atoms with Gasteiger partial charge in [-0.15, -0.1) is 11.3 Å². The largest absolute Gasteiger partial charge is 0.478 e. The van der Waals surface area contributed by atoms with Gasteiger partial charge in [0.2, 0.25) is 0 Å². The molecule has 1 aromatic heterocycles. The lowest BCUT2D eigenvalue weighted by atomic mass is 9.98. The van der Waals surface area contributed by atoms with Crippen molar-refractivity contribution in [3.63, 3.8) is 0 Å². The molecule has 1 heterocycles. The van der Waals surface area contributed by atoms with Gasteiger partial charge in [0, 0.05) is 11.8 Å². The summed E-state index contributed by atoms with van der Waals surface area (Å²) in [5.74, 6) is -2.01. The second-order valence-electron chi connectivity index (χ2n) is 6.03. The predicted octanol–water partition coefficient (Wildman–Crippen LogP) is 3.43. The van der Waals surface area contributed by atoms with E-state index in [1.807, 2.05) is 20.8 Å². The van der Waals surface area contributed by atoms with Gasteiger partial charge in [-0.1, -0.05) is 32.9 Å². The number of aromatic carboxylic acids is 2. The van der Waals surface area contributed by atoms with E-state index in [1.165, 1.54) is 17.4 Å². The Morgan fingerprint density at radius 3 is 2.41 bits per heavy atom. The van der Waals surface area contributed by atoms with Gasteiger partial charge in [-0.05, 0) is 17.7 Å². The average Bonchev–Trinajstić information content (AvgIpc) is 2.83. The second-order valence-corrected chi connectivity index (χ2v) is 7.03.